The number of rotatable bonds is 10. The second-order valence-electron chi connectivity index (χ2n) is 10.8. The van der Waals surface area contributed by atoms with Crippen LogP contribution < -0.4 is 21.0 Å². The van der Waals surface area contributed by atoms with Crippen LogP contribution in [0.2, 0.25) is 0 Å². The normalized spacial score (nSPS) is 13.7. The smallest absolute Gasteiger partial charge is 0.276 e. The minimum atomic E-state index is -0.542. The van der Waals surface area contributed by atoms with E-state index in [1.165, 1.54) is 11.9 Å². The molecule has 0 saturated carbocycles. The van der Waals surface area contributed by atoms with Gasteiger partial charge in [0.05, 0.1) is 30.6 Å². The van der Waals surface area contributed by atoms with Crippen molar-refractivity contribution in [2.24, 2.45) is 0 Å². The third-order valence-corrected chi connectivity index (χ3v) is 7.69. The van der Waals surface area contributed by atoms with E-state index in [0.29, 0.717) is 24.4 Å². The molecule has 3 heterocycles. The summed E-state index contributed by atoms with van der Waals surface area (Å²) in [6.07, 6.45) is 1.30. The molecule has 5 aromatic rings. The monoisotopic (exact) mass is 588 g/mol. The number of amides is 2. The fraction of sp³-hybridized carbons (Fsp3) is 0.250. The highest BCUT2D eigenvalue weighted by molar-refractivity contribution is 6.32. The highest BCUT2D eigenvalue weighted by Gasteiger charge is 2.22. The molecule has 1 fully saturated rings. The van der Waals surface area contributed by atoms with Gasteiger partial charge in [0, 0.05) is 44.1 Å². The van der Waals surface area contributed by atoms with Crippen LogP contribution in [0.5, 0.6) is 0 Å². The fourth-order valence-corrected chi connectivity index (χ4v) is 5.21. The first-order valence-electron chi connectivity index (χ1n) is 14.5. The second kappa shape index (κ2) is 13.1. The Morgan fingerprint density at radius 2 is 1.80 bits per heavy atom. The molecular formula is C32H33BN8O3. The largest absolute Gasteiger partial charge is 0.375 e. The van der Waals surface area contributed by atoms with Crippen LogP contribution in [-0.4, -0.2) is 83.8 Å². The standard InChI is InChI=1S/C32H33BN8O3/c1-21-7-8-23(33)17-26(21)36-30(42)28-29(35-20-34-28)31(43)39-32-37-25-10-9-24(18-27(25)38-32)41-13-11-40(12-14-41)15-16-44-19-22-5-3-2-4-6-22/h2-10,17-18,20H,11-16,19H2,1H3,(H,34,35)(H,36,42)(H2,37,38,39,43). The number of ether oxygens (including phenoxy) is 1. The summed E-state index contributed by atoms with van der Waals surface area (Å²) in [5, 5.41) is 5.52. The van der Waals surface area contributed by atoms with E-state index in [2.05, 4.69) is 52.5 Å². The number of nitrogens with one attached hydrogen (secondary N) is 4. The van der Waals surface area contributed by atoms with Crippen molar-refractivity contribution >= 4 is 53.5 Å². The Labute approximate surface area is 256 Å². The Balaban J connectivity index is 1.03. The third kappa shape index (κ3) is 6.82. The molecule has 1 aliphatic rings. The van der Waals surface area contributed by atoms with E-state index in [9.17, 15) is 9.59 Å². The van der Waals surface area contributed by atoms with Crippen LogP contribution in [0.15, 0.2) is 73.1 Å². The number of anilines is 3. The lowest BCUT2D eigenvalue weighted by Gasteiger charge is -2.36. The summed E-state index contributed by atoms with van der Waals surface area (Å²) < 4.78 is 5.86. The second-order valence-corrected chi connectivity index (χ2v) is 10.8. The Morgan fingerprint density at radius 1 is 0.977 bits per heavy atom. The number of piperazine rings is 1. The molecule has 6 rings (SSSR count). The zero-order valence-corrected chi connectivity index (χ0v) is 24.5. The van der Waals surface area contributed by atoms with Crippen LogP contribution in [-0.2, 0) is 11.3 Å². The van der Waals surface area contributed by atoms with Crippen LogP contribution in [0.4, 0.5) is 17.3 Å². The van der Waals surface area contributed by atoms with Crippen LogP contribution in [0, 0.1) is 6.92 Å². The number of benzene rings is 3. The van der Waals surface area contributed by atoms with Gasteiger partial charge in [-0.05, 0) is 42.3 Å². The van der Waals surface area contributed by atoms with Crippen molar-refractivity contribution in [1.29, 1.82) is 0 Å². The van der Waals surface area contributed by atoms with Crippen molar-refractivity contribution in [3.63, 3.8) is 0 Å². The van der Waals surface area contributed by atoms with Crippen molar-refractivity contribution in [3.05, 3.63) is 95.6 Å². The molecule has 0 unspecified atom stereocenters. The molecule has 2 radical (unpaired) electrons. The zero-order chi connectivity index (χ0) is 30.5. The van der Waals surface area contributed by atoms with Crippen molar-refractivity contribution in [2.75, 3.05) is 54.9 Å². The van der Waals surface area contributed by atoms with Gasteiger partial charge < -0.3 is 24.9 Å². The zero-order valence-electron chi connectivity index (χ0n) is 24.5. The predicted molar refractivity (Wildman–Crippen MR) is 172 cm³/mol. The molecule has 0 atom stereocenters. The summed E-state index contributed by atoms with van der Waals surface area (Å²) in [5.74, 6) is -0.797. The number of aromatic nitrogens is 4. The SMILES string of the molecule is [B]c1ccc(C)c(NC(=O)c2nc[nH]c2C(=O)Nc2nc3ccc(N4CCN(CCOCc5ccccc5)CC4)cc3[nH]2)c1. The number of H-pyrrole nitrogens is 2. The number of aromatic amines is 2. The third-order valence-electron chi connectivity index (χ3n) is 7.69. The topological polar surface area (TPSA) is 131 Å². The number of carbonyl (C=O) groups is 2. The number of nitrogens with zero attached hydrogens (tertiary/aromatic N) is 4. The molecule has 11 nitrogen and oxygen atoms in total. The van der Waals surface area contributed by atoms with E-state index >= 15 is 0 Å². The van der Waals surface area contributed by atoms with Gasteiger partial charge in [-0.2, -0.15) is 0 Å². The number of hydrogen-bond donors (Lipinski definition) is 4. The first kappa shape index (κ1) is 29.2. The minimum Gasteiger partial charge on any atom is -0.375 e. The summed E-state index contributed by atoms with van der Waals surface area (Å²) in [7, 11) is 5.85. The minimum absolute atomic E-state index is 0.0218. The van der Waals surface area contributed by atoms with Gasteiger partial charge in [0.15, 0.2) is 5.69 Å². The number of aryl methyl sites for hydroxylation is 1. The molecular weight excluding hydrogens is 555 g/mol. The molecule has 2 aromatic heterocycles. The Morgan fingerprint density at radius 3 is 2.61 bits per heavy atom. The molecule has 1 aliphatic heterocycles. The lowest BCUT2D eigenvalue weighted by Crippen LogP contribution is -2.47. The molecule has 12 heteroatoms. The first-order chi connectivity index (χ1) is 21.4. The van der Waals surface area contributed by atoms with E-state index < -0.39 is 11.8 Å². The molecule has 0 aliphatic carbocycles. The van der Waals surface area contributed by atoms with Crippen molar-refractivity contribution in [3.8, 4) is 0 Å². The quantitative estimate of drug-likeness (QED) is 0.146. The van der Waals surface area contributed by atoms with E-state index in [-0.39, 0.29) is 17.3 Å². The highest BCUT2D eigenvalue weighted by Crippen LogP contribution is 2.24. The van der Waals surface area contributed by atoms with Crippen molar-refractivity contribution in [1.82, 2.24) is 24.8 Å². The van der Waals surface area contributed by atoms with Gasteiger partial charge in [0.25, 0.3) is 11.8 Å². The highest BCUT2D eigenvalue weighted by atomic mass is 16.5. The predicted octanol–water partition coefficient (Wildman–Crippen LogP) is 3.23. The maximum Gasteiger partial charge on any atom is 0.276 e. The van der Waals surface area contributed by atoms with E-state index in [0.717, 1.165) is 55.0 Å². The summed E-state index contributed by atoms with van der Waals surface area (Å²) in [6, 6.07) is 21.5. The summed E-state index contributed by atoms with van der Waals surface area (Å²) in [6.45, 7) is 7.81. The number of carbonyl (C=O) groups excluding carboxylic acids is 2. The summed E-state index contributed by atoms with van der Waals surface area (Å²) in [5.41, 5.74) is 5.68. The average molecular weight is 588 g/mol. The average Bonchev–Trinajstić information content (AvgIpc) is 3.69. The first-order valence-corrected chi connectivity index (χ1v) is 14.5. The Hall–Kier alpha value is -4.94. The van der Waals surface area contributed by atoms with Gasteiger partial charge in [0.1, 0.15) is 13.5 Å². The molecule has 2 amide bonds. The molecule has 0 spiro atoms. The lowest BCUT2D eigenvalue weighted by molar-refractivity contribution is 0.0907. The molecule has 3 aromatic carbocycles. The van der Waals surface area contributed by atoms with E-state index in [1.807, 2.05) is 43.3 Å². The van der Waals surface area contributed by atoms with Crippen molar-refractivity contribution in [2.45, 2.75) is 13.5 Å². The van der Waals surface area contributed by atoms with Gasteiger partial charge >= 0.3 is 0 Å². The van der Waals surface area contributed by atoms with Gasteiger partial charge in [-0.3, -0.25) is 19.8 Å². The number of imidazole rings is 2. The fourth-order valence-electron chi connectivity index (χ4n) is 5.21. The van der Waals surface area contributed by atoms with Gasteiger partial charge in [0.2, 0.25) is 5.95 Å². The number of fused-ring (bicyclic) bond motifs is 1. The molecule has 0 bridgehead atoms. The van der Waals surface area contributed by atoms with Crippen molar-refractivity contribution < 1.29 is 14.3 Å². The van der Waals surface area contributed by atoms with Crippen LogP contribution in [0.25, 0.3) is 11.0 Å². The Kier molecular flexibility index (Phi) is 8.71. The van der Waals surface area contributed by atoms with Gasteiger partial charge in [-0.15, -0.1) is 0 Å². The maximum absolute atomic E-state index is 13.1. The summed E-state index contributed by atoms with van der Waals surface area (Å²) >= 11 is 0. The van der Waals surface area contributed by atoms with E-state index in [4.69, 9.17) is 12.6 Å². The molecule has 4 N–H and O–H groups in total. The molecule has 44 heavy (non-hydrogen) atoms. The lowest BCUT2D eigenvalue weighted by atomic mass is 9.94. The Bertz CT molecular complexity index is 1760. The van der Waals surface area contributed by atoms with Gasteiger partial charge in [-0.25, -0.2) is 9.97 Å². The van der Waals surface area contributed by atoms with Gasteiger partial charge in [-0.1, -0.05) is 47.9 Å². The van der Waals surface area contributed by atoms with Crippen LogP contribution >= 0.6 is 0 Å². The van der Waals surface area contributed by atoms with Crippen LogP contribution in [0.1, 0.15) is 32.1 Å². The van der Waals surface area contributed by atoms with E-state index in [1.54, 1.807) is 18.2 Å². The van der Waals surface area contributed by atoms with Crippen LogP contribution in [0.3, 0.4) is 0 Å². The summed E-state index contributed by atoms with van der Waals surface area (Å²) in [4.78, 5) is 45.3. The molecule has 1 saturated heterocycles. The molecule has 222 valence electrons. The maximum atomic E-state index is 13.1. The number of hydrogen-bond acceptors (Lipinski definition) is 7.